The van der Waals surface area contributed by atoms with Crippen LogP contribution >= 0.6 is 0 Å². The third kappa shape index (κ3) is 2.99. The van der Waals surface area contributed by atoms with Crippen molar-refractivity contribution in [1.82, 2.24) is 9.78 Å². The molecular weight excluding hydrogens is 256 g/mol. The van der Waals surface area contributed by atoms with E-state index in [0.717, 1.165) is 5.56 Å². The van der Waals surface area contributed by atoms with E-state index in [0.29, 0.717) is 23.9 Å². The lowest BCUT2D eigenvalue weighted by molar-refractivity contribution is 0.0697. The van der Waals surface area contributed by atoms with Crippen LogP contribution in [-0.4, -0.2) is 28.0 Å². The van der Waals surface area contributed by atoms with Gasteiger partial charge in [-0.15, -0.1) is 0 Å². The van der Waals surface area contributed by atoms with Crippen LogP contribution in [0.1, 0.15) is 24.2 Å². The van der Waals surface area contributed by atoms with Crippen molar-refractivity contribution in [3.63, 3.8) is 0 Å². The van der Waals surface area contributed by atoms with Crippen LogP contribution in [0, 0.1) is 5.92 Å². The van der Waals surface area contributed by atoms with Gasteiger partial charge in [-0.25, -0.2) is 4.79 Å². The Morgan fingerprint density at radius 1 is 1.45 bits per heavy atom. The average molecular weight is 274 g/mol. The van der Waals surface area contributed by atoms with Gasteiger partial charge < -0.3 is 9.84 Å². The summed E-state index contributed by atoms with van der Waals surface area (Å²) in [5.74, 6) is 0.102. The second-order valence-corrected chi connectivity index (χ2v) is 5.04. The Morgan fingerprint density at radius 3 is 2.80 bits per heavy atom. The van der Waals surface area contributed by atoms with Crippen molar-refractivity contribution < 1.29 is 14.6 Å². The summed E-state index contributed by atoms with van der Waals surface area (Å²) in [5, 5.41) is 13.7. The van der Waals surface area contributed by atoms with Crippen LogP contribution in [0.25, 0.3) is 11.3 Å². The van der Waals surface area contributed by atoms with E-state index in [9.17, 15) is 9.90 Å². The van der Waals surface area contributed by atoms with E-state index in [1.165, 1.54) is 0 Å². The third-order valence-corrected chi connectivity index (χ3v) is 2.89. The number of methoxy groups -OCH3 is 1. The maximum absolute atomic E-state index is 11.4. The number of aromatic carboxylic acids is 1. The second-order valence-electron chi connectivity index (χ2n) is 5.04. The molecule has 106 valence electrons. The number of aromatic nitrogens is 2. The molecule has 5 heteroatoms. The Morgan fingerprint density at radius 2 is 2.20 bits per heavy atom. The lowest BCUT2D eigenvalue weighted by Crippen LogP contribution is -2.04. The topological polar surface area (TPSA) is 64.4 Å². The van der Waals surface area contributed by atoms with Crippen LogP contribution in [-0.2, 0) is 6.54 Å². The van der Waals surface area contributed by atoms with Crippen LogP contribution < -0.4 is 4.74 Å². The second kappa shape index (κ2) is 5.77. The molecule has 0 unspecified atom stereocenters. The molecule has 0 saturated carbocycles. The molecule has 0 aliphatic carbocycles. The smallest absolute Gasteiger partial charge is 0.339 e. The molecule has 0 aliphatic heterocycles. The number of rotatable bonds is 5. The first-order valence-electron chi connectivity index (χ1n) is 6.46. The molecular formula is C15H18N2O3. The Kier molecular flexibility index (Phi) is 4.08. The first-order valence-corrected chi connectivity index (χ1v) is 6.46. The minimum absolute atomic E-state index is 0.207. The van der Waals surface area contributed by atoms with E-state index in [2.05, 4.69) is 18.9 Å². The molecule has 1 heterocycles. The van der Waals surface area contributed by atoms with Crippen molar-refractivity contribution >= 4 is 5.97 Å². The highest BCUT2D eigenvalue weighted by Crippen LogP contribution is 2.26. The van der Waals surface area contributed by atoms with Gasteiger partial charge in [-0.05, 0) is 18.1 Å². The Bertz CT molecular complexity index is 617. The van der Waals surface area contributed by atoms with Crippen LogP contribution in [0.2, 0.25) is 0 Å². The largest absolute Gasteiger partial charge is 0.497 e. The fourth-order valence-electron chi connectivity index (χ4n) is 2.03. The maximum atomic E-state index is 11.4. The van der Waals surface area contributed by atoms with Gasteiger partial charge in [0.2, 0.25) is 0 Å². The van der Waals surface area contributed by atoms with Gasteiger partial charge in [-0.2, -0.15) is 5.10 Å². The van der Waals surface area contributed by atoms with Crippen molar-refractivity contribution in [2.75, 3.05) is 7.11 Å². The van der Waals surface area contributed by atoms with E-state index in [-0.39, 0.29) is 5.56 Å². The van der Waals surface area contributed by atoms with Crippen LogP contribution in [0.15, 0.2) is 30.5 Å². The quantitative estimate of drug-likeness (QED) is 0.910. The fourth-order valence-corrected chi connectivity index (χ4v) is 2.03. The van der Waals surface area contributed by atoms with Crippen molar-refractivity contribution in [3.05, 3.63) is 36.0 Å². The number of carboxylic acid groups (broad SMARTS) is 1. The lowest BCUT2D eigenvalue weighted by Gasteiger charge is -2.04. The number of ether oxygens (including phenoxy) is 1. The summed E-state index contributed by atoms with van der Waals surface area (Å²) in [6.45, 7) is 4.81. The zero-order valence-corrected chi connectivity index (χ0v) is 11.8. The predicted molar refractivity (Wildman–Crippen MR) is 76.0 cm³/mol. The summed E-state index contributed by atoms with van der Waals surface area (Å²) in [6.07, 6.45) is 1.58. The molecule has 2 aromatic rings. The predicted octanol–water partition coefficient (Wildman–Crippen LogP) is 2.91. The highest BCUT2D eigenvalue weighted by atomic mass is 16.5. The summed E-state index contributed by atoms with van der Waals surface area (Å²) in [5.41, 5.74) is 1.42. The van der Waals surface area contributed by atoms with Gasteiger partial charge in [-0.3, -0.25) is 4.68 Å². The molecule has 1 aromatic heterocycles. The van der Waals surface area contributed by atoms with Crippen LogP contribution in [0.5, 0.6) is 5.75 Å². The normalized spacial score (nSPS) is 10.8. The Labute approximate surface area is 117 Å². The van der Waals surface area contributed by atoms with Gasteiger partial charge in [-0.1, -0.05) is 26.0 Å². The number of carbonyl (C=O) groups is 1. The van der Waals surface area contributed by atoms with Gasteiger partial charge >= 0.3 is 5.97 Å². The minimum atomic E-state index is -0.974. The molecule has 0 aliphatic rings. The van der Waals surface area contributed by atoms with Crippen molar-refractivity contribution in [2.24, 2.45) is 5.92 Å². The molecule has 1 N–H and O–H groups in total. The van der Waals surface area contributed by atoms with Crippen molar-refractivity contribution in [2.45, 2.75) is 20.4 Å². The average Bonchev–Trinajstić information content (AvgIpc) is 2.82. The molecule has 0 fully saturated rings. The molecule has 0 radical (unpaired) electrons. The van der Waals surface area contributed by atoms with E-state index >= 15 is 0 Å². The Hall–Kier alpha value is -2.30. The standard InChI is InChI=1S/C15H18N2O3/c1-10(2)8-17-9-13(15(18)19)14(16-17)11-5-4-6-12(7-11)20-3/h4-7,9-10H,8H2,1-3H3,(H,18,19). The third-order valence-electron chi connectivity index (χ3n) is 2.89. The minimum Gasteiger partial charge on any atom is -0.497 e. The number of nitrogens with zero attached hydrogens (tertiary/aromatic N) is 2. The maximum Gasteiger partial charge on any atom is 0.339 e. The number of benzene rings is 1. The zero-order chi connectivity index (χ0) is 14.7. The molecule has 0 atom stereocenters. The fraction of sp³-hybridized carbons (Fsp3) is 0.333. The molecule has 0 spiro atoms. The van der Waals surface area contributed by atoms with Crippen LogP contribution in [0.3, 0.4) is 0 Å². The first-order chi connectivity index (χ1) is 9.51. The van der Waals surface area contributed by atoms with Gasteiger partial charge in [0.15, 0.2) is 0 Å². The van der Waals surface area contributed by atoms with E-state index < -0.39 is 5.97 Å². The highest BCUT2D eigenvalue weighted by Gasteiger charge is 2.17. The molecule has 1 aromatic carbocycles. The molecule has 0 saturated heterocycles. The first kappa shape index (κ1) is 14.1. The van der Waals surface area contributed by atoms with Crippen molar-refractivity contribution in [3.8, 4) is 17.0 Å². The van der Waals surface area contributed by atoms with E-state index in [1.54, 1.807) is 24.1 Å². The number of hydrogen-bond donors (Lipinski definition) is 1. The summed E-state index contributed by atoms with van der Waals surface area (Å²) in [4.78, 5) is 11.4. The SMILES string of the molecule is COc1cccc(-c2nn(CC(C)C)cc2C(=O)O)c1. The lowest BCUT2D eigenvalue weighted by atomic mass is 10.1. The molecule has 5 nitrogen and oxygen atoms in total. The van der Waals surface area contributed by atoms with Gasteiger partial charge in [0, 0.05) is 18.3 Å². The molecule has 0 amide bonds. The summed E-state index contributed by atoms with van der Waals surface area (Å²) in [7, 11) is 1.58. The summed E-state index contributed by atoms with van der Waals surface area (Å²) < 4.78 is 6.85. The molecule has 20 heavy (non-hydrogen) atoms. The monoisotopic (exact) mass is 274 g/mol. The van der Waals surface area contributed by atoms with Crippen molar-refractivity contribution in [1.29, 1.82) is 0 Å². The molecule has 0 bridgehead atoms. The number of carboxylic acids is 1. The highest BCUT2D eigenvalue weighted by molar-refractivity contribution is 5.94. The molecule has 2 rings (SSSR count). The Balaban J connectivity index is 2.47. The van der Waals surface area contributed by atoms with Gasteiger partial charge in [0.05, 0.1) is 7.11 Å². The van der Waals surface area contributed by atoms with Crippen LogP contribution in [0.4, 0.5) is 0 Å². The van der Waals surface area contributed by atoms with Gasteiger partial charge in [0.1, 0.15) is 17.0 Å². The zero-order valence-electron chi connectivity index (χ0n) is 11.8. The van der Waals surface area contributed by atoms with E-state index in [4.69, 9.17) is 4.74 Å². The number of hydrogen-bond acceptors (Lipinski definition) is 3. The van der Waals surface area contributed by atoms with E-state index in [1.807, 2.05) is 18.2 Å². The summed E-state index contributed by atoms with van der Waals surface area (Å²) >= 11 is 0. The summed E-state index contributed by atoms with van der Waals surface area (Å²) in [6, 6.07) is 7.25. The van der Waals surface area contributed by atoms with Gasteiger partial charge in [0.25, 0.3) is 0 Å².